The fourth-order valence-corrected chi connectivity index (χ4v) is 2.31. The minimum absolute atomic E-state index is 0.00736. The van der Waals surface area contributed by atoms with E-state index in [1.54, 1.807) is 6.92 Å². The number of ether oxygens (including phenoxy) is 1. The Balaban J connectivity index is 2.55. The number of carbonyl (C=O) groups excluding carboxylic acids is 1. The lowest BCUT2D eigenvalue weighted by atomic mass is 10.1. The van der Waals surface area contributed by atoms with E-state index >= 15 is 0 Å². The van der Waals surface area contributed by atoms with Gasteiger partial charge in [-0.25, -0.2) is 0 Å². The van der Waals surface area contributed by atoms with E-state index in [4.69, 9.17) is 16.3 Å². The van der Waals surface area contributed by atoms with Gasteiger partial charge in [0, 0.05) is 17.6 Å². The first kappa shape index (κ1) is 17.0. The summed E-state index contributed by atoms with van der Waals surface area (Å²) in [4.78, 5) is 13.3. The van der Waals surface area contributed by atoms with E-state index in [1.807, 2.05) is 43.1 Å². The molecule has 1 aromatic carbocycles. The summed E-state index contributed by atoms with van der Waals surface area (Å²) in [5.74, 6) is -0.376. The number of carbonyl (C=O) groups is 1. The highest BCUT2D eigenvalue weighted by Crippen LogP contribution is 2.26. The Morgan fingerprint density at radius 1 is 1.45 bits per heavy atom. The van der Waals surface area contributed by atoms with Gasteiger partial charge in [0.2, 0.25) is 0 Å². The molecule has 20 heavy (non-hydrogen) atoms. The number of halogens is 1. The smallest absolute Gasteiger partial charge is 0.308 e. The average molecular weight is 300 g/mol. The van der Waals surface area contributed by atoms with E-state index in [9.17, 15) is 9.90 Å². The van der Waals surface area contributed by atoms with Crippen LogP contribution in [0, 0.1) is 0 Å². The van der Waals surface area contributed by atoms with Crippen LogP contribution in [0.15, 0.2) is 24.3 Å². The summed E-state index contributed by atoms with van der Waals surface area (Å²) < 4.78 is 4.82. The van der Waals surface area contributed by atoms with Crippen molar-refractivity contribution in [3.05, 3.63) is 34.9 Å². The standard InChI is InChI=1S/C15H22ClNO3/c1-4-20-15(19)9-12(18)10-17(3)11(2)13-7-5-6-8-14(13)16/h5-8,11-12,18H,4,9-10H2,1-3H3. The van der Waals surface area contributed by atoms with Crippen molar-refractivity contribution in [1.29, 1.82) is 0 Å². The van der Waals surface area contributed by atoms with Crippen LogP contribution in [0.25, 0.3) is 0 Å². The van der Waals surface area contributed by atoms with E-state index in [1.165, 1.54) is 0 Å². The molecule has 0 heterocycles. The zero-order valence-corrected chi connectivity index (χ0v) is 12.9. The molecule has 0 saturated heterocycles. The number of hydrogen-bond acceptors (Lipinski definition) is 4. The van der Waals surface area contributed by atoms with Crippen molar-refractivity contribution in [2.45, 2.75) is 32.4 Å². The van der Waals surface area contributed by atoms with Gasteiger partial charge < -0.3 is 9.84 Å². The van der Waals surface area contributed by atoms with Gasteiger partial charge in [-0.05, 0) is 32.5 Å². The molecule has 1 N–H and O–H groups in total. The van der Waals surface area contributed by atoms with E-state index in [0.717, 1.165) is 5.56 Å². The summed E-state index contributed by atoms with van der Waals surface area (Å²) >= 11 is 6.16. The van der Waals surface area contributed by atoms with Gasteiger partial charge in [-0.1, -0.05) is 29.8 Å². The highest BCUT2D eigenvalue weighted by atomic mass is 35.5. The number of rotatable bonds is 7. The number of likely N-dealkylation sites (N-methyl/N-ethyl adjacent to an activating group) is 1. The van der Waals surface area contributed by atoms with Crippen LogP contribution in [0.4, 0.5) is 0 Å². The molecule has 112 valence electrons. The Morgan fingerprint density at radius 3 is 2.70 bits per heavy atom. The van der Waals surface area contributed by atoms with Gasteiger partial charge >= 0.3 is 5.97 Å². The van der Waals surface area contributed by atoms with Crippen molar-refractivity contribution in [3.63, 3.8) is 0 Å². The Hall–Kier alpha value is -1.10. The van der Waals surface area contributed by atoms with Gasteiger partial charge in [-0.3, -0.25) is 9.69 Å². The third kappa shape index (κ3) is 5.12. The van der Waals surface area contributed by atoms with Crippen LogP contribution in [-0.4, -0.2) is 42.3 Å². The van der Waals surface area contributed by atoms with Gasteiger partial charge in [0.1, 0.15) is 0 Å². The van der Waals surface area contributed by atoms with Crippen molar-refractivity contribution in [2.75, 3.05) is 20.2 Å². The normalized spacial score (nSPS) is 14.1. The molecule has 1 aromatic rings. The summed E-state index contributed by atoms with van der Waals surface area (Å²) in [6, 6.07) is 7.67. The molecule has 0 aromatic heterocycles. The fourth-order valence-electron chi connectivity index (χ4n) is 2.02. The summed E-state index contributed by atoms with van der Waals surface area (Å²) in [5, 5.41) is 10.6. The Kier molecular flexibility index (Phi) is 6.99. The van der Waals surface area contributed by atoms with Gasteiger partial charge in [-0.2, -0.15) is 0 Å². The largest absolute Gasteiger partial charge is 0.466 e. The van der Waals surface area contributed by atoms with Crippen LogP contribution in [0.1, 0.15) is 31.9 Å². The zero-order chi connectivity index (χ0) is 15.1. The van der Waals surface area contributed by atoms with Crippen molar-refractivity contribution in [2.24, 2.45) is 0 Å². The monoisotopic (exact) mass is 299 g/mol. The molecule has 0 aliphatic rings. The summed E-state index contributed by atoms with van der Waals surface area (Å²) in [5.41, 5.74) is 1.00. The summed E-state index contributed by atoms with van der Waals surface area (Å²) in [7, 11) is 1.89. The van der Waals surface area contributed by atoms with Crippen LogP contribution >= 0.6 is 11.6 Å². The van der Waals surface area contributed by atoms with Crippen LogP contribution in [0.5, 0.6) is 0 Å². The minimum Gasteiger partial charge on any atom is -0.466 e. The molecule has 0 radical (unpaired) electrons. The second-order valence-corrected chi connectivity index (χ2v) is 5.21. The van der Waals surface area contributed by atoms with E-state index in [0.29, 0.717) is 18.2 Å². The van der Waals surface area contributed by atoms with E-state index < -0.39 is 6.10 Å². The topological polar surface area (TPSA) is 49.8 Å². The SMILES string of the molecule is CCOC(=O)CC(O)CN(C)C(C)c1ccccc1Cl. The maximum Gasteiger partial charge on any atom is 0.308 e. The molecule has 0 spiro atoms. The first-order valence-electron chi connectivity index (χ1n) is 6.74. The second kappa shape index (κ2) is 8.25. The highest BCUT2D eigenvalue weighted by molar-refractivity contribution is 6.31. The van der Waals surface area contributed by atoms with Crippen LogP contribution < -0.4 is 0 Å². The van der Waals surface area contributed by atoms with Gasteiger partial charge in [0.25, 0.3) is 0 Å². The molecule has 2 atom stereocenters. The Morgan fingerprint density at radius 2 is 2.10 bits per heavy atom. The molecule has 0 aliphatic heterocycles. The maximum absolute atomic E-state index is 11.3. The minimum atomic E-state index is -0.746. The molecule has 0 amide bonds. The molecular formula is C15H22ClNO3. The van der Waals surface area contributed by atoms with Crippen molar-refractivity contribution in [1.82, 2.24) is 4.90 Å². The first-order chi connectivity index (χ1) is 9.45. The number of benzene rings is 1. The Bertz CT molecular complexity index is 439. The van der Waals surface area contributed by atoms with Crippen LogP contribution in [0.3, 0.4) is 0 Å². The van der Waals surface area contributed by atoms with Crippen molar-refractivity contribution in [3.8, 4) is 0 Å². The molecule has 0 saturated carbocycles. The van der Waals surface area contributed by atoms with Crippen molar-refractivity contribution < 1.29 is 14.6 Å². The lowest BCUT2D eigenvalue weighted by molar-refractivity contribution is -0.145. The quantitative estimate of drug-likeness (QED) is 0.786. The van der Waals surface area contributed by atoms with Crippen LogP contribution in [0.2, 0.25) is 5.02 Å². The number of nitrogens with zero attached hydrogens (tertiary/aromatic N) is 1. The molecule has 2 unspecified atom stereocenters. The molecule has 0 fully saturated rings. The zero-order valence-electron chi connectivity index (χ0n) is 12.2. The fraction of sp³-hybridized carbons (Fsp3) is 0.533. The summed E-state index contributed by atoms with van der Waals surface area (Å²) in [6.07, 6.45) is -0.739. The molecule has 0 bridgehead atoms. The average Bonchev–Trinajstić information content (AvgIpc) is 2.38. The lowest BCUT2D eigenvalue weighted by Crippen LogP contribution is -2.33. The summed E-state index contributed by atoms with van der Waals surface area (Å²) in [6.45, 7) is 4.47. The highest BCUT2D eigenvalue weighted by Gasteiger charge is 2.19. The third-order valence-corrected chi connectivity index (χ3v) is 3.57. The molecule has 0 aliphatic carbocycles. The maximum atomic E-state index is 11.3. The van der Waals surface area contributed by atoms with E-state index in [2.05, 4.69) is 0 Å². The number of esters is 1. The third-order valence-electron chi connectivity index (χ3n) is 3.22. The Labute approximate surface area is 125 Å². The predicted octanol–water partition coefficient (Wildman–Crippen LogP) is 2.65. The molecule has 5 heteroatoms. The molecular weight excluding hydrogens is 278 g/mol. The predicted molar refractivity (Wildman–Crippen MR) is 79.8 cm³/mol. The van der Waals surface area contributed by atoms with Gasteiger partial charge in [0.15, 0.2) is 0 Å². The number of hydrogen-bond donors (Lipinski definition) is 1. The molecule has 1 rings (SSSR count). The lowest BCUT2D eigenvalue weighted by Gasteiger charge is -2.27. The van der Waals surface area contributed by atoms with Gasteiger partial charge in [0.05, 0.1) is 19.1 Å². The van der Waals surface area contributed by atoms with Crippen LogP contribution in [-0.2, 0) is 9.53 Å². The first-order valence-corrected chi connectivity index (χ1v) is 7.11. The number of aliphatic hydroxyl groups is 1. The molecule has 4 nitrogen and oxygen atoms in total. The van der Waals surface area contributed by atoms with Crippen molar-refractivity contribution >= 4 is 17.6 Å². The second-order valence-electron chi connectivity index (χ2n) is 4.80. The number of aliphatic hydroxyl groups excluding tert-OH is 1. The van der Waals surface area contributed by atoms with E-state index in [-0.39, 0.29) is 18.4 Å². The van der Waals surface area contributed by atoms with Gasteiger partial charge in [-0.15, -0.1) is 0 Å².